The molecule has 1 aliphatic rings. The van der Waals surface area contributed by atoms with E-state index in [1.54, 1.807) is 17.9 Å². The van der Waals surface area contributed by atoms with Gasteiger partial charge in [0, 0.05) is 12.0 Å². The summed E-state index contributed by atoms with van der Waals surface area (Å²) in [5.74, 6) is 3.33. The van der Waals surface area contributed by atoms with E-state index in [0.29, 0.717) is 23.0 Å². The fourth-order valence-electron chi connectivity index (χ4n) is 3.74. The molecule has 3 heterocycles. The zero-order valence-electron chi connectivity index (χ0n) is 18.4. The number of rotatable bonds is 6. The van der Waals surface area contributed by atoms with Gasteiger partial charge in [-0.1, -0.05) is 6.07 Å². The molecule has 32 heavy (non-hydrogen) atoms. The lowest BCUT2D eigenvalue weighted by molar-refractivity contribution is -0.117. The van der Waals surface area contributed by atoms with E-state index in [2.05, 4.69) is 35.7 Å². The average Bonchev–Trinajstić information content (AvgIpc) is 3.46. The third-order valence-corrected chi connectivity index (χ3v) is 5.35. The molecule has 0 aliphatic heterocycles. The van der Waals surface area contributed by atoms with Crippen LogP contribution in [-0.4, -0.2) is 42.7 Å². The number of aryl methyl sites for hydroxylation is 3. The summed E-state index contributed by atoms with van der Waals surface area (Å²) >= 11 is 0. The molecule has 0 saturated heterocycles. The number of aromatic nitrogens is 6. The molecule has 0 bridgehead atoms. The van der Waals surface area contributed by atoms with Crippen LogP contribution in [0.15, 0.2) is 24.3 Å². The van der Waals surface area contributed by atoms with Gasteiger partial charge in [-0.05, 0) is 45.7 Å². The zero-order valence-corrected chi connectivity index (χ0v) is 18.4. The Bertz CT molecular complexity index is 1340. The first kappa shape index (κ1) is 20.0. The monoisotopic (exact) mass is 432 g/mol. The number of H-pyrrole nitrogens is 1. The Morgan fingerprint density at radius 3 is 2.66 bits per heavy atom. The van der Waals surface area contributed by atoms with Crippen molar-refractivity contribution in [1.82, 2.24) is 29.7 Å². The first-order valence-corrected chi connectivity index (χ1v) is 10.5. The van der Waals surface area contributed by atoms with Crippen LogP contribution in [0, 0.1) is 26.7 Å². The molecule has 0 spiro atoms. The molecular formula is C22H24N8O2. The lowest BCUT2D eigenvalue weighted by atomic mass is 10.2. The normalized spacial score (nSPS) is 13.4. The molecule has 1 aromatic carbocycles. The van der Waals surface area contributed by atoms with Crippen molar-refractivity contribution in [3.05, 3.63) is 41.7 Å². The van der Waals surface area contributed by atoms with Crippen molar-refractivity contribution in [3.63, 3.8) is 0 Å². The summed E-state index contributed by atoms with van der Waals surface area (Å²) < 4.78 is 7.51. The van der Waals surface area contributed by atoms with E-state index >= 15 is 0 Å². The van der Waals surface area contributed by atoms with E-state index in [-0.39, 0.29) is 11.8 Å². The van der Waals surface area contributed by atoms with Crippen molar-refractivity contribution in [2.75, 3.05) is 17.7 Å². The first-order chi connectivity index (χ1) is 15.4. The summed E-state index contributed by atoms with van der Waals surface area (Å²) in [6, 6.07) is 7.56. The number of hydrogen-bond acceptors (Lipinski definition) is 7. The molecule has 1 fully saturated rings. The fourth-order valence-corrected chi connectivity index (χ4v) is 3.74. The number of methoxy groups -OCH3 is 1. The van der Waals surface area contributed by atoms with Crippen molar-refractivity contribution in [3.8, 4) is 11.4 Å². The predicted molar refractivity (Wildman–Crippen MR) is 121 cm³/mol. The van der Waals surface area contributed by atoms with Crippen LogP contribution in [0.5, 0.6) is 5.75 Å². The van der Waals surface area contributed by atoms with Gasteiger partial charge in [0.15, 0.2) is 11.4 Å². The van der Waals surface area contributed by atoms with Crippen molar-refractivity contribution in [1.29, 1.82) is 0 Å². The Labute approximate surface area is 184 Å². The second-order valence-corrected chi connectivity index (χ2v) is 7.94. The highest BCUT2D eigenvalue weighted by molar-refractivity contribution is 5.97. The van der Waals surface area contributed by atoms with Crippen LogP contribution in [-0.2, 0) is 4.79 Å². The Balaban J connectivity index is 1.57. The number of ether oxygens (including phenoxy) is 1. The van der Waals surface area contributed by atoms with Gasteiger partial charge in [-0.15, -0.1) is 0 Å². The third-order valence-electron chi connectivity index (χ3n) is 5.35. The van der Waals surface area contributed by atoms with E-state index in [4.69, 9.17) is 4.74 Å². The number of aromatic amines is 1. The highest BCUT2D eigenvalue weighted by atomic mass is 16.5. The number of carbonyl (C=O) groups excluding carboxylic acids is 1. The van der Waals surface area contributed by atoms with Gasteiger partial charge in [-0.25, -0.2) is 19.6 Å². The molecule has 0 atom stereocenters. The zero-order chi connectivity index (χ0) is 22.4. The van der Waals surface area contributed by atoms with E-state index in [0.717, 1.165) is 47.1 Å². The Morgan fingerprint density at radius 1 is 1.16 bits per heavy atom. The molecule has 4 aromatic rings. The molecular weight excluding hydrogens is 408 g/mol. The minimum absolute atomic E-state index is 0.00772. The predicted octanol–water partition coefficient (Wildman–Crippen LogP) is 3.56. The lowest BCUT2D eigenvalue weighted by Crippen LogP contribution is -2.14. The number of pyridine rings is 1. The molecule has 5 rings (SSSR count). The van der Waals surface area contributed by atoms with Gasteiger partial charge in [0.2, 0.25) is 5.91 Å². The number of anilines is 3. The Hall–Kier alpha value is -3.95. The van der Waals surface area contributed by atoms with Crippen LogP contribution >= 0.6 is 0 Å². The van der Waals surface area contributed by atoms with Gasteiger partial charge in [-0.2, -0.15) is 5.10 Å². The summed E-state index contributed by atoms with van der Waals surface area (Å²) in [4.78, 5) is 28.9. The average molecular weight is 432 g/mol. The highest BCUT2D eigenvalue weighted by Gasteiger charge is 2.30. The summed E-state index contributed by atoms with van der Waals surface area (Å²) in [5.41, 5.74) is 3.49. The van der Waals surface area contributed by atoms with Gasteiger partial charge in [-0.3, -0.25) is 4.79 Å². The molecule has 0 radical (unpaired) electrons. The van der Waals surface area contributed by atoms with Gasteiger partial charge >= 0.3 is 0 Å². The number of fused-ring (bicyclic) bond motifs is 1. The van der Waals surface area contributed by atoms with E-state index in [1.807, 2.05) is 39.0 Å². The Kier molecular flexibility index (Phi) is 4.76. The first-order valence-electron chi connectivity index (χ1n) is 10.5. The molecule has 1 amide bonds. The molecule has 1 saturated carbocycles. The van der Waals surface area contributed by atoms with Crippen molar-refractivity contribution >= 4 is 34.3 Å². The van der Waals surface area contributed by atoms with Crippen LogP contribution < -0.4 is 15.4 Å². The Morgan fingerprint density at radius 2 is 1.97 bits per heavy atom. The van der Waals surface area contributed by atoms with Crippen LogP contribution in [0.1, 0.15) is 30.3 Å². The maximum absolute atomic E-state index is 12.3. The molecule has 1 aliphatic carbocycles. The SMILES string of the molecule is COc1c(Nc2cc(NC(=O)C3CC3)nc3nc(C)[nH]c23)cccc1-n1nc(C)nc1C. The minimum Gasteiger partial charge on any atom is -0.492 e. The summed E-state index contributed by atoms with van der Waals surface area (Å²) in [7, 11) is 1.62. The van der Waals surface area contributed by atoms with E-state index in [1.165, 1.54) is 0 Å². The number of nitrogens with one attached hydrogen (secondary N) is 3. The van der Waals surface area contributed by atoms with Crippen molar-refractivity contribution in [2.45, 2.75) is 33.6 Å². The molecule has 3 N–H and O–H groups in total. The third kappa shape index (κ3) is 3.64. The number of amides is 1. The number of nitrogens with zero attached hydrogens (tertiary/aromatic N) is 5. The second kappa shape index (κ2) is 7.63. The van der Waals surface area contributed by atoms with Crippen LogP contribution in [0.4, 0.5) is 17.2 Å². The molecule has 3 aromatic heterocycles. The summed E-state index contributed by atoms with van der Waals surface area (Å²) in [6.07, 6.45) is 1.84. The number of benzene rings is 1. The lowest BCUT2D eigenvalue weighted by Gasteiger charge is -2.16. The molecule has 164 valence electrons. The highest BCUT2D eigenvalue weighted by Crippen LogP contribution is 2.36. The van der Waals surface area contributed by atoms with Crippen molar-refractivity contribution < 1.29 is 9.53 Å². The summed E-state index contributed by atoms with van der Waals surface area (Å²) in [5, 5.41) is 10.8. The van der Waals surface area contributed by atoms with Gasteiger partial charge in [0.25, 0.3) is 0 Å². The minimum atomic E-state index is -0.00772. The van der Waals surface area contributed by atoms with Gasteiger partial charge < -0.3 is 20.4 Å². The maximum Gasteiger partial charge on any atom is 0.228 e. The van der Waals surface area contributed by atoms with Crippen LogP contribution in [0.25, 0.3) is 16.9 Å². The van der Waals surface area contributed by atoms with E-state index in [9.17, 15) is 4.79 Å². The number of hydrogen-bond donors (Lipinski definition) is 3. The number of imidazole rings is 1. The summed E-state index contributed by atoms with van der Waals surface area (Å²) in [6.45, 7) is 5.61. The standard InChI is InChI=1S/C22H24N8O2/c1-11-24-19-16(10-18(27-21(19)25-11)28-22(31)14-8-9-14)26-15-6-5-7-17(20(15)32-4)30-13(3)23-12(2)29-30/h5-7,10,14H,8-9H2,1-4H3,(H3,24,25,26,27,28,31). The van der Waals surface area contributed by atoms with E-state index < -0.39 is 0 Å². The van der Waals surface area contributed by atoms with Crippen molar-refractivity contribution in [2.24, 2.45) is 5.92 Å². The van der Waals surface area contributed by atoms with Gasteiger partial charge in [0.05, 0.1) is 18.5 Å². The molecule has 10 heteroatoms. The molecule has 0 unspecified atom stereocenters. The topological polar surface area (TPSA) is 123 Å². The van der Waals surface area contributed by atoms with Crippen LogP contribution in [0.2, 0.25) is 0 Å². The largest absolute Gasteiger partial charge is 0.492 e. The van der Waals surface area contributed by atoms with Gasteiger partial charge in [0.1, 0.15) is 34.5 Å². The van der Waals surface area contributed by atoms with Crippen LogP contribution in [0.3, 0.4) is 0 Å². The smallest absolute Gasteiger partial charge is 0.228 e. The number of carbonyl (C=O) groups is 1. The fraction of sp³-hybridized carbons (Fsp3) is 0.318. The second-order valence-electron chi connectivity index (χ2n) is 7.94. The maximum atomic E-state index is 12.3. The molecule has 10 nitrogen and oxygen atoms in total. The number of para-hydroxylation sites is 1. The quantitative estimate of drug-likeness (QED) is 0.426.